The van der Waals surface area contributed by atoms with Crippen molar-refractivity contribution < 1.29 is 8.42 Å². The molecule has 5 heteroatoms. The number of anilines is 1. The summed E-state index contributed by atoms with van der Waals surface area (Å²) in [6, 6.07) is 12.9. The van der Waals surface area contributed by atoms with E-state index in [1.54, 1.807) is 18.2 Å². The minimum Gasteiger partial charge on any atom is -0.398 e. The zero-order valence-corrected chi connectivity index (χ0v) is 13.1. The van der Waals surface area contributed by atoms with E-state index in [1.165, 1.54) is 5.56 Å². The van der Waals surface area contributed by atoms with Gasteiger partial charge >= 0.3 is 0 Å². The summed E-state index contributed by atoms with van der Waals surface area (Å²) in [5.74, 6) is 0.204. The zero-order valence-electron chi connectivity index (χ0n) is 10.7. The molecule has 2 aromatic rings. The molecule has 3 rings (SSSR count). The Kier molecular flexibility index (Phi) is 3.34. The van der Waals surface area contributed by atoms with Gasteiger partial charge in [0.1, 0.15) is 0 Å². The lowest BCUT2D eigenvalue weighted by atomic mass is 9.79. The third-order valence-electron chi connectivity index (χ3n) is 3.69. The van der Waals surface area contributed by atoms with Crippen LogP contribution in [0.15, 0.2) is 51.8 Å². The molecule has 2 aromatic carbocycles. The Balaban J connectivity index is 1.88. The summed E-state index contributed by atoms with van der Waals surface area (Å²) in [6.45, 7) is 0. The largest absolute Gasteiger partial charge is 0.398 e. The topological polar surface area (TPSA) is 60.2 Å². The first-order chi connectivity index (χ1) is 9.47. The van der Waals surface area contributed by atoms with Crippen LogP contribution < -0.4 is 5.73 Å². The van der Waals surface area contributed by atoms with Crippen LogP contribution in [0.5, 0.6) is 0 Å². The molecule has 0 bridgehead atoms. The highest BCUT2D eigenvalue weighted by atomic mass is 79.9. The summed E-state index contributed by atoms with van der Waals surface area (Å²) >= 11 is 3.29. The van der Waals surface area contributed by atoms with Crippen molar-refractivity contribution in [1.82, 2.24) is 0 Å². The standard InChI is InChI=1S/C15H14BrNO2S/c16-12-5-6-15(14(17)8-12)20(18,19)9-11-7-10-3-1-2-4-13(10)11/h1-6,8,11H,7,9,17H2. The minimum absolute atomic E-state index is 0.0826. The molecule has 0 radical (unpaired) electrons. The van der Waals surface area contributed by atoms with Crippen LogP contribution in [0, 0.1) is 0 Å². The van der Waals surface area contributed by atoms with Crippen LogP contribution in [-0.2, 0) is 16.3 Å². The fraction of sp³-hybridized carbons (Fsp3) is 0.200. The number of nitrogens with two attached hydrogens (primary N) is 1. The van der Waals surface area contributed by atoms with Gasteiger partial charge in [0.25, 0.3) is 0 Å². The molecule has 1 atom stereocenters. The van der Waals surface area contributed by atoms with Crippen LogP contribution in [0.1, 0.15) is 17.0 Å². The van der Waals surface area contributed by atoms with Crippen molar-refractivity contribution >= 4 is 31.5 Å². The van der Waals surface area contributed by atoms with Crippen molar-refractivity contribution in [3.63, 3.8) is 0 Å². The van der Waals surface area contributed by atoms with Gasteiger partial charge in [0.05, 0.1) is 16.3 Å². The number of halogens is 1. The summed E-state index contributed by atoms with van der Waals surface area (Å²) < 4.78 is 25.7. The first-order valence-electron chi connectivity index (χ1n) is 6.33. The van der Waals surface area contributed by atoms with E-state index in [9.17, 15) is 8.42 Å². The van der Waals surface area contributed by atoms with Crippen LogP contribution in [0.4, 0.5) is 5.69 Å². The third kappa shape index (κ3) is 2.36. The van der Waals surface area contributed by atoms with Crippen LogP contribution in [0.3, 0.4) is 0 Å². The fourth-order valence-corrected chi connectivity index (χ4v) is 4.75. The van der Waals surface area contributed by atoms with Gasteiger partial charge in [-0.1, -0.05) is 40.2 Å². The molecule has 0 aliphatic heterocycles. The molecule has 3 nitrogen and oxygen atoms in total. The van der Waals surface area contributed by atoms with Gasteiger partial charge in [-0.25, -0.2) is 8.42 Å². The number of fused-ring (bicyclic) bond motifs is 1. The van der Waals surface area contributed by atoms with Crippen molar-refractivity contribution in [2.75, 3.05) is 11.5 Å². The second-order valence-corrected chi connectivity index (χ2v) is 7.98. The van der Waals surface area contributed by atoms with Crippen LogP contribution in [0.25, 0.3) is 0 Å². The lowest BCUT2D eigenvalue weighted by Crippen LogP contribution is -2.25. The summed E-state index contributed by atoms with van der Waals surface area (Å²) in [7, 11) is -3.36. The second kappa shape index (κ2) is 4.90. The smallest absolute Gasteiger partial charge is 0.181 e. The highest BCUT2D eigenvalue weighted by Gasteiger charge is 2.31. The van der Waals surface area contributed by atoms with Gasteiger partial charge in [0.15, 0.2) is 9.84 Å². The molecule has 20 heavy (non-hydrogen) atoms. The molecular formula is C15H14BrNO2S. The van der Waals surface area contributed by atoms with E-state index >= 15 is 0 Å². The van der Waals surface area contributed by atoms with Crippen LogP contribution in [0.2, 0.25) is 0 Å². The van der Waals surface area contributed by atoms with Gasteiger partial charge in [0.2, 0.25) is 0 Å². The lowest BCUT2D eigenvalue weighted by Gasteiger charge is -2.29. The summed E-state index contributed by atoms with van der Waals surface area (Å²) in [6.07, 6.45) is 0.825. The zero-order chi connectivity index (χ0) is 14.3. The van der Waals surface area contributed by atoms with E-state index in [0.29, 0.717) is 5.69 Å². The van der Waals surface area contributed by atoms with E-state index in [4.69, 9.17) is 5.73 Å². The van der Waals surface area contributed by atoms with Gasteiger partial charge in [0, 0.05) is 10.4 Å². The average Bonchev–Trinajstić information content (AvgIpc) is 2.35. The molecule has 0 spiro atoms. The van der Waals surface area contributed by atoms with Crippen molar-refractivity contribution in [2.24, 2.45) is 0 Å². The molecule has 1 unspecified atom stereocenters. The van der Waals surface area contributed by atoms with E-state index in [0.717, 1.165) is 16.5 Å². The van der Waals surface area contributed by atoms with Gasteiger partial charge in [-0.2, -0.15) is 0 Å². The van der Waals surface area contributed by atoms with Crippen molar-refractivity contribution in [3.05, 3.63) is 58.1 Å². The molecule has 0 heterocycles. The quantitative estimate of drug-likeness (QED) is 0.864. The van der Waals surface area contributed by atoms with Gasteiger partial charge in [-0.05, 0) is 35.7 Å². The Morgan fingerprint density at radius 1 is 1.20 bits per heavy atom. The fourth-order valence-electron chi connectivity index (χ4n) is 2.67. The number of hydrogen-bond acceptors (Lipinski definition) is 3. The Labute approximate surface area is 126 Å². The maximum Gasteiger partial charge on any atom is 0.181 e. The first kappa shape index (κ1) is 13.6. The van der Waals surface area contributed by atoms with Gasteiger partial charge < -0.3 is 5.73 Å². The minimum atomic E-state index is -3.36. The average molecular weight is 352 g/mol. The van der Waals surface area contributed by atoms with E-state index in [1.807, 2.05) is 24.3 Å². The van der Waals surface area contributed by atoms with Crippen molar-refractivity contribution in [2.45, 2.75) is 17.2 Å². The summed E-state index contributed by atoms with van der Waals surface area (Å²) in [5.41, 5.74) is 8.52. The van der Waals surface area contributed by atoms with E-state index < -0.39 is 9.84 Å². The molecule has 0 amide bonds. The Bertz CT molecular complexity index is 771. The SMILES string of the molecule is Nc1cc(Br)ccc1S(=O)(=O)CC1Cc2ccccc21. The molecule has 104 valence electrons. The highest BCUT2D eigenvalue weighted by Crippen LogP contribution is 2.37. The molecule has 2 N–H and O–H groups in total. The predicted molar refractivity (Wildman–Crippen MR) is 83.5 cm³/mol. The summed E-state index contributed by atoms with van der Waals surface area (Å²) in [4.78, 5) is 0.227. The Morgan fingerprint density at radius 2 is 1.95 bits per heavy atom. The Hall–Kier alpha value is -1.33. The maximum absolute atomic E-state index is 12.5. The molecular weight excluding hydrogens is 338 g/mol. The van der Waals surface area contributed by atoms with E-state index in [-0.39, 0.29) is 16.6 Å². The monoisotopic (exact) mass is 351 g/mol. The summed E-state index contributed by atoms with van der Waals surface area (Å²) in [5, 5.41) is 0. The number of benzene rings is 2. The van der Waals surface area contributed by atoms with Crippen LogP contribution >= 0.6 is 15.9 Å². The molecule has 0 aromatic heterocycles. The van der Waals surface area contributed by atoms with Crippen LogP contribution in [-0.4, -0.2) is 14.2 Å². The van der Waals surface area contributed by atoms with Crippen molar-refractivity contribution in [3.8, 4) is 0 Å². The van der Waals surface area contributed by atoms with Crippen molar-refractivity contribution in [1.29, 1.82) is 0 Å². The first-order valence-corrected chi connectivity index (χ1v) is 8.77. The number of hydrogen-bond donors (Lipinski definition) is 1. The number of sulfone groups is 1. The second-order valence-electron chi connectivity index (χ2n) is 5.06. The highest BCUT2D eigenvalue weighted by molar-refractivity contribution is 9.10. The molecule has 0 saturated carbocycles. The molecule has 1 aliphatic carbocycles. The van der Waals surface area contributed by atoms with Gasteiger partial charge in [-0.3, -0.25) is 0 Å². The Morgan fingerprint density at radius 3 is 2.65 bits per heavy atom. The lowest BCUT2D eigenvalue weighted by molar-refractivity contribution is 0.577. The molecule has 0 saturated heterocycles. The predicted octanol–water partition coefficient (Wildman–Crippen LogP) is 3.14. The maximum atomic E-state index is 12.5. The number of rotatable bonds is 3. The van der Waals surface area contributed by atoms with Gasteiger partial charge in [-0.15, -0.1) is 0 Å². The van der Waals surface area contributed by atoms with E-state index in [2.05, 4.69) is 15.9 Å². The normalized spacial score (nSPS) is 17.4. The number of nitrogen functional groups attached to an aromatic ring is 1. The molecule has 0 fully saturated rings. The third-order valence-corrected chi connectivity index (χ3v) is 6.07. The molecule has 1 aliphatic rings.